The molecule has 0 saturated heterocycles. The zero-order chi connectivity index (χ0) is 11.0. The minimum atomic E-state index is -0.701. The maximum Gasteiger partial charge on any atom is 0.195 e. The Bertz CT molecular complexity index is 491. The van der Waals surface area contributed by atoms with Gasteiger partial charge in [-0.25, -0.2) is 13.8 Å². The molecule has 4 heteroatoms. The van der Waals surface area contributed by atoms with E-state index >= 15 is 0 Å². The van der Waals surface area contributed by atoms with Gasteiger partial charge >= 0.3 is 0 Å². The van der Waals surface area contributed by atoms with E-state index in [4.69, 9.17) is 4.42 Å². The van der Waals surface area contributed by atoms with E-state index in [1.54, 1.807) is 0 Å². The number of hydrogen-bond acceptors (Lipinski definition) is 2. The highest BCUT2D eigenvalue weighted by molar-refractivity contribution is 5.73. The van der Waals surface area contributed by atoms with Gasteiger partial charge in [-0.15, -0.1) is 0 Å². The van der Waals surface area contributed by atoms with Gasteiger partial charge in [0.1, 0.15) is 11.3 Å². The third-order valence-corrected chi connectivity index (χ3v) is 2.04. The van der Waals surface area contributed by atoms with Crippen LogP contribution < -0.4 is 0 Å². The quantitative estimate of drug-likeness (QED) is 0.761. The van der Waals surface area contributed by atoms with Crippen LogP contribution >= 0.6 is 0 Å². The first-order valence-corrected chi connectivity index (χ1v) is 4.80. The molecule has 2 nitrogen and oxygen atoms in total. The zero-order valence-electron chi connectivity index (χ0n) is 8.55. The van der Waals surface area contributed by atoms with Crippen LogP contribution in [0, 0.1) is 17.6 Å². The van der Waals surface area contributed by atoms with Crippen LogP contribution in [-0.2, 0) is 6.42 Å². The van der Waals surface area contributed by atoms with Crippen molar-refractivity contribution in [2.75, 3.05) is 0 Å². The lowest BCUT2D eigenvalue weighted by Gasteiger charge is -1.96. The zero-order valence-corrected chi connectivity index (χ0v) is 8.55. The summed E-state index contributed by atoms with van der Waals surface area (Å²) in [4.78, 5) is 4.03. The van der Waals surface area contributed by atoms with Gasteiger partial charge in [-0.3, -0.25) is 0 Å². The molecule has 2 rings (SSSR count). The summed E-state index contributed by atoms with van der Waals surface area (Å²) >= 11 is 0. The SMILES string of the molecule is CC(C)Cc1nc2cc(F)cc(F)c2o1. The van der Waals surface area contributed by atoms with Gasteiger partial charge < -0.3 is 4.42 Å². The highest BCUT2D eigenvalue weighted by Crippen LogP contribution is 2.21. The highest BCUT2D eigenvalue weighted by atomic mass is 19.1. The van der Waals surface area contributed by atoms with E-state index in [2.05, 4.69) is 4.98 Å². The second-order valence-corrected chi connectivity index (χ2v) is 3.94. The Morgan fingerprint density at radius 3 is 2.73 bits per heavy atom. The van der Waals surface area contributed by atoms with Crippen LogP contribution in [0.5, 0.6) is 0 Å². The van der Waals surface area contributed by atoms with Crippen LogP contribution in [0.1, 0.15) is 19.7 Å². The Balaban J connectivity index is 2.50. The summed E-state index contributed by atoms with van der Waals surface area (Å²) in [5, 5.41) is 0. The maximum atomic E-state index is 13.2. The van der Waals surface area contributed by atoms with Crippen LogP contribution in [0.4, 0.5) is 8.78 Å². The number of nitrogens with zero attached hydrogens (tertiary/aromatic N) is 1. The fourth-order valence-electron chi connectivity index (χ4n) is 1.44. The van der Waals surface area contributed by atoms with Gasteiger partial charge in [-0.2, -0.15) is 0 Å². The molecule has 0 atom stereocenters. The van der Waals surface area contributed by atoms with Crippen molar-refractivity contribution in [2.45, 2.75) is 20.3 Å². The highest BCUT2D eigenvalue weighted by Gasteiger charge is 2.12. The van der Waals surface area contributed by atoms with E-state index in [1.165, 1.54) is 6.07 Å². The lowest BCUT2D eigenvalue weighted by molar-refractivity contribution is 0.468. The predicted octanol–water partition coefficient (Wildman–Crippen LogP) is 3.30. The van der Waals surface area contributed by atoms with Crippen molar-refractivity contribution < 1.29 is 13.2 Å². The molecule has 0 bridgehead atoms. The number of fused-ring (bicyclic) bond motifs is 1. The second kappa shape index (κ2) is 3.61. The molecule has 0 radical (unpaired) electrons. The second-order valence-electron chi connectivity index (χ2n) is 3.94. The van der Waals surface area contributed by atoms with Gasteiger partial charge in [-0.05, 0) is 5.92 Å². The average Bonchev–Trinajstić information content (AvgIpc) is 2.45. The van der Waals surface area contributed by atoms with Gasteiger partial charge in [0.05, 0.1) is 0 Å². The van der Waals surface area contributed by atoms with E-state index in [0.29, 0.717) is 18.2 Å². The van der Waals surface area contributed by atoms with Gasteiger partial charge in [0.15, 0.2) is 17.3 Å². The number of aromatic nitrogens is 1. The Morgan fingerprint density at radius 2 is 2.07 bits per heavy atom. The number of oxazole rings is 1. The molecule has 1 heterocycles. The molecular weight excluding hydrogens is 200 g/mol. The van der Waals surface area contributed by atoms with Crippen LogP contribution in [0.3, 0.4) is 0 Å². The van der Waals surface area contributed by atoms with Gasteiger partial charge in [0.25, 0.3) is 0 Å². The van der Waals surface area contributed by atoms with Crippen molar-refractivity contribution in [1.82, 2.24) is 4.98 Å². The molecule has 0 aliphatic carbocycles. The first-order valence-electron chi connectivity index (χ1n) is 4.80. The van der Waals surface area contributed by atoms with Crippen LogP contribution in [0.15, 0.2) is 16.5 Å². The minimum Gasteiger partial charge on any atom is -0.438 e. The first-order chi connectivity index (χ1) is 7.06. The van der Waals surface area contributed by atoms with Gasteiger partial charge in [0, 0.05) is 18.6 Å². The molecule has 1 aromatic heterocycles. The number of rotatable bonds is 2. The number of hydrogen-bond donors (Lipinski definition) is 0. The van der Waals surface area contributed by atoms with Crippen molar-refractivity contribution in [3.8, 4) is 0 Å². The Morgan fingerprint density at radius 1 is 1.33 bits per heavy atom. The molecule has 0 spiro atoms. The van der Waals surface area contributed by atoms with Crippen molar-refractivity contribution in [3.63, 3.8) is 0 Å². The standard InChI is InChI=1S/C11H11F2NO/c1-6(2)3-10-14-9-5-7(12)4-8(13)11(9)15-10/h4-6H,3H2,1-2H3. The van der Waals surface area contributed by atoms with Crippen LogP contribution in [0.25, 0.3) is 11.1 Å². The normalized spacial score (nSPS) is 11.5. The van der Waals surface area contributed by atoms with Crippen molar-refractivity contribution >= 4 is 11.1 Å². The number of benzene rings is 1. The Hall–Kier alpha value is -1.45. The van der Waals surface area contributed by atoms with E-state index in [9.17, 15) is 8.78 Å². The Labute approximate surface area is 85.9 Å². The van der Waals surface area contributed by atoms with Gasteiger partial charge in [-0.1, -0.05) is 13.8 Å². The lowest BCUT2D eigenvalue weighted by Crippen LogP contribution is -1.93. The summed E-state index contributed by atoms with van der Waals surface area (Å²) in [6, 6.07) is 1.97. The lowest BCUT2D eigenvalue weighted by atomic mass is 10.1. The largest absolute Gasteiger partial charge is 0.438 e. The van der Waals surface area contributed by atoms with E-state index < -0.39 is 11.6 Å². The molecule has 2 aromatic rings. The molecule has 0 unspecified atom stereocenters. The van der Waals surface area contributed by atoms with Crippen molar-refractivity contribution in [1.29, 1.82) is 0 Å². The Kier molecular flexibility index (Phi) is 2.42. The van der Waals surface area contributed by atoms with Crippen LogP contribution in [0.2, 0.25) is 0 Å². The molecule has 15 heavy (non-hydrogen) atoms. The van der Waals surface area contributed by atoms with E-state index in [1.807, 2.05) is 13.8 Å². The molecule has 0 saturated carbocycles. The summed E-state index contributed by atoms with van der Waals surface area (Å²) in [6.45, 7) is 4.01. The van der Waals surface area contributed by atoms with Crippen molar-refractivity contribution in [2.24, 2.45) is 5.92 Å². The molecule has 0 fully saturated rings. The van der Waals surface area contributed by atoms with Gasteiger partial charge in [0.2, 0.25) is 0 Å². The molecule has 80 valence electrons. The third-order valence-electron chi connectivity index (χ3n) is 2.04. The van der Waals surface area contributed by atoms with E-state index in [-0.39, 0.29) is 11.1 Å². The molecule has 0 aliphatic rings. The summed E-state index contributed by atoms with van der Waals surface area (Å²) < 4.78 is 31.3. The van der Waals surface area contributed by atoms with Crippen molar-refractivity contribution in [3.05, 3.63) is 29.7 Å². The molecule has 1 aromatic carbocycles. The molecule has 0 amide bonds. The summed E-state index contributed by atoms with van der Waals surface area (Å²) in [7, 11) is 0. The summed E-state index contributed by atoms with van der Waals surface area (Å²) in [6.07, 6.45) is 0.621. The molecule has 0 aliphatic heterocycles. The molecule has 0 N–H and O–H groups in total. The third kappa shape index (κ3) is 1.98. The molecular formula is C11H11F2NO. The smallest absolute Gasteiger partial charge is 0.195 e. The maximum absolute atomic E-state index is 13.2. The van der Waals surface area contributed by atoms with E-state index in [0.717, 1.165) is 6.07 Å². The summed E-state index contributed by atoms with van der Waals surface area (Å²) in [5.41, 5.74) is 0.273. The predicted molar refractivity (Wildman–Crippen MR) is 52.5 cm³/mol. The monoisotopic (exact) mass is 211 g/mol. The first kappa shape index (κ1) is 10.1. The summed E-state index contributed by atoms with van der Waals surface area (Å²) in [5.74, 6) is -0.521. The minimum absolute atomic E-state index is 0.0343. The average molecular weight is 211 g/mol. The topological polar surface area (TPSA) is 26.0 Å². The fourth-order valence-corrected chi connectivity index (χ4v) is 1.44. The van der Waals surface area contributed by atoms with Crippen LogP contribution in [-0.4, -0.2) is 4.98 Å². The fraction of sp³-hybridized carbons (Fsp3) is 0.364. The number of halogens is 2.